The minimum atomic E-state index is -0.268. The molecule has 2 aromatic carbocycles. The zero-order chi connectivity index (χ0) is 19.6. The van der Waals surface area contributed by atoms with E-state index in [1.807, 2.05) is 30.3 Å². The third kappa shape index (κ3) is 5.72. The van der Waals surface area contributed by atoms with Gasteiger partial charge in [-0.3, -0.25) is 4.79 Å². The van der Waals surface area contributed by atoms with Gasteiger partial charge in [0.2, 0.25) is 0 Å². The molecule has 1 aromatic heterocycles. The van der Waals surface area contributed by atoms with Gasteiger partial charge in [-0.05, 0) is 53.9 Å². The second kappa shape index (κ2) is 9.56. The van der Waals surface area contributed by atoms with Gasteiger partial charge in [-0.25, -0.2) is 4.98 Å². The van der Waals surface area contributed by atoms with E-state index in [1.165, 1.54) is 0 Å². The van der Waals surface area contributed by atoms with Gasteiger partial charge in [-0.1, -0.05) is 30.2 Å². The van der Waals surface area contributed by atoms with Crippen LogP contribution in [0.5, 0.6) is 5.75 Å². The summed E-state index contributed by atoms with van der Waals surface area (Å²) < 4.78 is 5.48. The molecule has 0 fully saturated rings. The fraction of sp³-hybridized carbons (Fsp3) is 0.0870. The number of hydrogen-bond donors (Lipinski definition) is 1. The van der Waals surface area contributed by atoms with Gasteiger partial charge in [0.05, 0.1) is 12.5 Å². The van der Waals surface area contributed by atoms with Crippen LogP contribution in [0.2, 0.25) is 0 Å². The van der Waals surface area contributed by atoms with Gasteiger partial charge in [0.15, 0.2) is 6.61 Å². The molecule has 0 aliphatic heterocycles. The monoisotopic (exact) mass is 367 g/mol. The van der Waals surface area contributed by atoms with E-state index in [0.717, 1.165) is 11.1 Å². The highest BCUT2D eigenvalue weighted by Gasteiger charge is 2.04. The number of ether oxygens (including phenoxy) is 1. The standard InChI is InChI=1S/C23H17N3O2/c24-14-13-18-8-11-22(12-9-18)28-17-23(27)26-21-6-3-4-19(16-21)7-10-20-5-1-2-15-25-20/h1-6,8-9,11-12,15-16H,13,17H2,(H,26,27). The van der Waals surface area contributed by atoms with Crippen molar-refractivity contribution in [1.82, 2.24) is 4.98 Å². The van der Waals surface area contributed by atoms with Crippen molar-refractivity contribution in [3.63, 3.8) is 0 Å². The average Bonchev–Trinajstić information content (AvgIpc) is 2.73. The topological polar surface area (TPSA) is 75.0 Å². The van der Waals surface area contributed by atoms with Gasteiger partial charge in [-0.2, -0.15) is 5.26 Å². The third-order valence-corrected chi connectivity index (χ3v) is 3.72. The molecule has 0 aliphatic rings. The van der Waals surface area contributed by atoms with Crippen LogP contribution in [0, 0.1) is 23.2 Å². The molecule has 1 heterocycles. The number of benzene rings is 2. The number of nitrogens with one attached hydrogen (secondary N) is 1. The maximum atomic E-state index is 12.1. The summed E-state index contributed by atoms with van der Waals surface area (Å²) in [5.41, 5.74) is 3.01. The minimum absolute atomic E-state index is 0.110. The van der Waals surface area contributed by atoms with E-state index in [4.69, 9.17) is 10.00 Å². The number of carbonyl (C=O) groups excluding carboxylic acids is 1. The first-order valence-corrected chi connectivity index (χ1v) is 8.64. The van der Waals surface area contributed by atoms with E-state index in [2.05, 4.69) is 28.2 Å². The Kier molecular flexibility index (Phi) is 6.39. The zero-order valence-corrected chi connectivity index (χ0v) is 15.1. The number of anilines is 1. The normalized spacial score (nSPS) is 9.54. The maximum Gasteiger partial charge on any atom is 0.262 e. The predicted molar refractivity (Wildman–Crippen MR) is 107 cm³/mol. The largest absolute Gasteiger partial charge is 0.484 e. The molecule has 28 heavy (non-hydrogen) atoms. The maximum absolute atomic E-state index is 12.1. The fourth-order valence-corrected chi connectivity index (χ4v) is 2.39. The zero-order valence-electron chi connectivity index (χ0n) is 15.1. The van der Waals surface area contributed by atoms with Crippen LogP contribution in [-0.2, 0) is 11.2 Å². The van der Waals surface area contributed by atoms with Gasteiger partial charge >= 0.3 is 0 Å². The summed E-state index contributed by atoms with van der Waals surface area (Å²) in [6, 6.07) is 22.0. The Balaban J connectivity index is 1.55. The number of aromatic nitrogens is 1. The van der Waals surface area contributed by atoms with Crippen LogP contribution in [0.3, 0.4) is 0 Å². The number of rotatable bonds is 5. The number of amides is 1. The molecule has 0 atom stereocenters. The second-order valence-corrected chi connectivity index (χ2v) is 5.86. The lowest BCUT2D eigenvalue weighted by Crippen LogP contribution is -2.20. The Morgan fingerprint density at radius 3 is 2.64 bits per heavy atom. The Morgan fingerprint density at radius 2 is 1.89 bits per heavy atom. The van der Waals surface area contributed by atoms with Gasteiger partial charge in [0.1, 0.15) is 11.4 Å². The highest BCUT2D eigenvalue weighted by molar-refractivity contribution is 5.92. The summed E-state index contributed by atoms with van der Waals surface area (Å²) >= 11 is 0. The molecule has 0 spiro atoms. The number of hydrogen-bond acceptors (Lipinski definition) is 4. The Morgan fingerprint density at radius 1 is 1.04 bits per heavy atom. The minimum Gasteiger partial charge on any atom is -0.484 e. The summed E-state index contributed by atoms with van der Waals surface area (Å²) in [6.07, 6.45) is 2.04. The molecule has 1 amide bonds. The summed E-state index contributed by atoms with van der Waals surface area (Å²) in [6.45, 7) is -0.110. The summed E-state index contributed by atoms with van der Waals surface area (Å²) in [4.78, 5) is 16.3. The first-order chi connectivity index (χ1) is 13.7. The van der Waals surface area contributed by atoms with Gasteiger partial charge in [-0.15, -0.1) is 0 Å². The summed E-state index contributed by atoms with van der Waals surface area (Å²) in [7, 11) is 0. The van der Waals surface area contributed by atoms with Crippen LogP contribution in [0.4, 0.5) is 5.69 Å². The van der Waals surface area contributed by atoms with Crippen LogP contribution in [0.1, 0.15) is 16.8 Å². The van der Waals surface area contributed by atoms with Gasteiger partial charge in [0, 0.05) is 17.4 Å². The van der Waals surface area contributed by atoms with Crippen molar-refractivity contribution in [3.8, 4) is 23.7 Å². The number of nitrogens with zero attached hydrogens (tertiary/aromatic N) is 2. The first kappa shape index (κ1) is 18.7. The van der Waals surface area contributed by atoms with Crippen molar-refractivity contribution >= 4 is 11.6 Å². The Labute approximate surface area is 163 Å². The molecular weight excluding hydrogens is 350 g/mol. The molecule has 1 N–H and O–H groups in total. The third-order valence-electron chi connectivity index (χ3n) is 3.72. The first-order valence-electron chi connectivity index (χ1n) is 8.64. The van der Waals surface area contributed by atoms with Crippen molar-refractivity contribution in [1.29, 1.82) is 5.26 Å². The molecule has 136 valence electrons. The fourth-order valence-electron chi connectivity index (χ4n) is 2.39. The molecule has 3 rings (SSSR count). The van der Waals surface area contributed by atoms with Gasteiger partial charge < -0.3 is 10.1 Å². The highest BCUT2D eigenvalue weighted by atomic mass is 16.5. The lowest BCUT2D eigenvalue weighted by molar-refractivity contribution is -0.118. The second-order valence-electron chi connectivity index (χ2n) is 5.86. The van der Waals surface area contributed by atoms with Crippen LogP contribution in [-0.4, -0.2) is 17.5 Å². The molecular formula is C23H17N3O2. The molecule has 0 unspecified atom stereocenters. The predicted octanol–water partition coefficient (Wildman–Crippen LogP) is 3.56. The Bertz CT molecular complexity index is 1040. The quantitative estimate of drug-likeness (QED) is 0.700. The molecule has 3 aromatic rings. The number of nitriles is 1. The lowest BCUT2D eigenvalue weighted by atomic mass is 10.2. The van der Waals surface area contributed by atoms with Crippen molar-refractivity contribution in [2.24, 2.45) is 0 Å². The van der Waals surface area contributed by atoms with E-state index < -0.39 is 0 Å². The smallest absolute Gasteiger partial charge is 0.262 e. The van der Waals surface area contributed by atoms with Crippen molar-refractivity contribution < 1.29 is 9.53 Å². The average molecular weight is 367 g/mol. The van der Waals surface area contributed by atoms with Crippen molar-refractivity contribution in [2.75, 3.05) is 11.9 Å². The SMILES string of the molecule is N#CCc1ccc(OCC(=O)Nc2cccc(C#Cc3ccccn3)c2)cc1. The molecule has 0 aliphatic carbocycles. The van der Waals surface area contributed by atoms with E-state index >= 15 is 0 Å². The van der Waals surface area contributed by atoms with E-state index in [1.54, 1.807) is 42.6 Å². The molecule has 0 saturated carbocycles. The molecule has 0 radical (unpaired) electrons. The van der Waals surface area contributed by atoms with Gasteiger partial charge in [0.25, 0.3) is 5.91 Å². The molecule has 0 saturated heterocycles. The van der Waals surface area contributed by atoms with Crippen molar-refractivity contribution in [3.05, 3.63) is 89.7 Å². The molecule has 5 nitrogen and oxygen atoms in total. The van der Waals surface area contributed by atoms with Crippen LogP contribution >= 0.6 is 0 Å². The summed E-state index contributed by atoms with van der Waals surface area (Å²) in [5, 5.41) is 11.5. The van der Waals surface area contributed by atoms with E-state index in [0.29, 0.717) is 23.6 Å². The van der Waals surface area contributed by atoms with Crippen LogP contribution in [0.25, 0.3) is 0 Å². The number of carbonyl (C=O) groups is 1. The van der Waals surface area contributed by atoms with E-state index in [9.17, 15) is 4.79 Å². The van der Waals surface area contributed by atoms with E-state index in [-0.39, 0.29) is 12.5 Å². The van der Waals surface area contributed by atoms with Crippen molar-refractivity contribution in [2.45, 2.75) is 6.42 Å². The van der Waals surface area contributed by atoms with Crippen LogP contribution in [0.15, 0.2) is 72.9 Å². The lowest BCUT2D eigenvalue weighted by Gasteiger charge is -2.08. The molecule has 5 heteroatoms. The highest BCUT2D eigenvalue weighted by Crippen LogP contribution is 2.13. The summed E-state index contributed by atoms with van der Waals surface area (Å²) in [5.74, 6) is 6.32. The van der Waals surface area contributed by atoms with Crippen LogP contribution < -0.4 is 10.1 Å². The number of pyridine rings is 1. The Hall–Kier alpha value is -4.09. The molecule has 0 bridgehead atoms.